The molecule has 1 aliphatic carbocycles. The van der Waals surface area contributed by atoms with Gasteiger partial charge < -0.3 is 19.7 Å². The first-order chi connectivity index (χ1) is 11.0. The van der Waals surface area contributed by atoms with Crippen LogP contribution in [0.1, 0.15) is 33.1 Å². The first kappa shape index (κ1) is 19.8. The number of guanidine groups is 1. The second kappa shape index (κ2) is 7.76. The van der Waals surface area contributed by atoms with Crippen molar-refractivity contribution in [2.45, 2.75) is 45.3 Å². The molecule has 3 fully saturated rings. The fourth-order valence-corrected chi connectivity index (χ4v) is 4.55. The number of carbonyl (C=O) groups excluding carboxylic acids is 1. The minimum absolute atomic E-state index is 0. The van der Waals surface area contributed by atoms with Crippen molar-refractivity contribution in [3.05, 3.63) is 0 Å². The van der Waals surface area contributed by atoms with Gasteiger partial charge in [0.1, 0.15) is 0 Å². The largest absolute Gasteiger partial charge is 0.469 e. The highest BCUT2D eigenvalue weighted by Gasteiger charge is 2.59. The number of fused-ring (bicyclic) bond motifs is 1. The number of nitrogens with one attached hydrogen (secondary N) is 1. The lowest BCUT2D eigenvalue weighted by Crippen LogP contribution is -2.68. The van der Waals surface area contributed by atoms with Crippen LogP contribution in [-0.2, 0) is 14.3 Å². The minimum Gasteiger partial charge on any atom is -0.469 e. The van der Waals surface area contributed by atoms with Gasteiger partial charge in [0.05, 0.1) is 19.1 Å². The van der Waals surface area contributed by atoms with E-state index in [1.807, 2.05) is 7.05 Å². The summed E-state index contributed by atoms with van der Waals surface area (Å²) in [5.41, 5.74) is 0.140. The molecule has 1 saturated carbocycles. The summed E-state index contributed by atoms with van der Waals surface area (Å²) in [6.07, 6.45) is 3.17. The second-order valence-electron chi connectivity index (χ2n) is 7.52. The zero-order chi connectivity index (χ0) is 16.6. The molecule has 0 amide bonds. The van der Waals surface area contributed by atoms with E-state index in [0.29, 0.717) is 18.1 Å². The summed E-state index contributed by atoms with van der Waals surface area (Å²) in [5, 5.41) is 3.67. The number of halogens is 1. The van der Waals surface area contributed by atoms with Crippen LogP contribution in [0.15, 0.2) is 4.99 Å². The van der Waals surface area contributed by atoms with E-state index in [9.17, 15) is 4.79 Å². The zero-order valence-corrected chi connectivity index (χ0v) is 17.4. The Bertz CT molecular complexity index is 489. The van der Waals surface area contributed by atoms with Crippen molar-refractivity contribution in [3.63, 3.8) is 0 Å². The molecular formula is C17H30IN3O3. The number of methoxy groups -OCH3 is 1. The van der Waals surface area contributed by atoms with Gasteiger partial charge in [0, 0.05) is 44.1 Å². The van der Waals surface area contributed by atoms with E-state index in [2.05, 4.69) is 29.1 Å². The number of carbonyl (C=O) groups is 1. The fourth-order valence-electron chi connectivity index (χ4n) is 4.55. The van der Waals surface area contributed by atoms with E-state index in [0.717, 1.165) is 44.9 Å². The maximum atomic E-state index is 11.7. The number of hydrogen-bond acceptors (Lipinski definition) is 4. The average Bonchev–Trinajstić information content (AvgIpc) is 3.02. The van der Waals surface area contributed by atoms with E-state index in [1.165, 1.54) is 7.11 Å². The van der Waals surface area contributed by atoms with Gasteiger partial charge >= 0.3 is 5.97 Å². The van der Waals surface area contributed by atoms with Crippen molar-refractivity contribution in [1.29, 1.82) is 0 Å². The standard InChI is InChI=1S/C17H29N3O3.HI/c1-17(2)13(12-7-10-23-14(12)17)19-16(18-3)20-8-5-11(6-9-20)15(21)22-4;/h11-14H,5-10H2,1-4H3,(H,18,19);1H. The van der Waals surface area contributed by atoms with Gasteiger partial charge in [0.15, 0.2) is 5.96 Å². The first-order valence-corrected chi connectivity index (χ1v) is 8.66. The fraction of sp³-hybridized carbons (Fsp3) is 0.882. The lowest BCUT2D eigenvalue weighted by Gasteiger charge is -2.55. The van der Waals surface area contributed by atoms with Gasteiger partial charge in [-0.25, -0.2) is 0 Å². The molecule has 0 spiro atoms. The monoisotopic (exact) mass is 451 g/mol. The maximum Gasteiger partial charge on any atom is 0.308 e. The molecule has 3 rings (SSSR count). The smallest absolute Gasteiger partial charge is 0.308 e. The van der Waals surface area contributed by atoms with Gasteiger partial charge in [-0.3, -0.25) is 9.79 Å². The molecule has 138 valence electrons. The van der Waals surface area contributed by atoms with Crippen molar-refractivity contribution in [2.75, 3.05) is 33.9 Å². The van der Waals surface area contributed by atoms with Crippen molar-refractivity contribution in [2.24, 2.45) is 22.2 Å². The molecule has 0 aromatic heterocycles. The highest BCUT2D eigenvalue weighted by atomic mass is 127. The van der Waals surface area contributed by atoms with Gasteiger partial charge in [-0.05, 0) is 19.3 Å². The lowest BCUT2D eigenvalue weighted by atomic mass is 9.57. The van der Waals surface area contributed by atoms with Crippen LogP contribution in [0.3, 0.4) is 0 Å². The third-order valence-electron chi connectivity index (χ3n) is 5.93. The molecule has 0 aromatic carbocycles. The van der Waals surface area contributed by atoms with E-state index < -0.39 is 0 Å². The number of nitrogens with zero attached hydrogens (tertiary/aromatic N) is 2. The number of esters is 1. The van der Waals surface area contributed by atoms with Gasteiger partial charge in [0.25, 0.3) is 0 Å². The van der Waals surface area contributed by atoms with Gasteiger partial charge in [-0.2, -0.15) is 0 Å². The van der Waals surface area contributed by atoms with E-state index in [-0.39, 0.29) is 41.3 Å². The molecule has 2 heterocycles. The number of piperidine rings is 1. The number of hydrogen-bond donors (Lipinski definition) is 1. The van der Waals surface area contributed by atoms with E-state index >= 15 is 0 Å². The van der Waals surface area contributed by atoms with Crippen molar-refractivity contribution in [1.82, 2.24) is 10.2 Å². The van der Waals surface area contributed by atoms with Crippen molar-refractivity contribution >= 4 is 35.9 Å². The molecule has 0 bridgehead atoms. The normalized spacial score (nSPS) is 32.4. The Morgan fingerprint density at radius 1 is 1.29 bits per heavy atom. The van der Waals surface area contributed by atoms with Crippen molar-refractivity contribution < 1.29 is 14.3 Å². The third kappa shape index (κ3) is 3.38. The highest BCUT2D eigenvalue weighted by Crippen LogP contribution is 2.52. The quantitative estimate of drug-likeness (QED) is 0.301. The summed E-state index contributed by atoms with van der Waals surface area (Å²) in [5.74, 6) is 1.49. The molecular weight excluding hydrogens is 421 g/mol. The van der Waals surface area contributed by atoms with Crippen LogP contribution < -0.4 is 5.32 Å². The Labute approximate surface area is 161 Å². The number of aliphatic imine (C=N–C) groups is 1. The molecule has 2 aliphatic heterocycles. The van der Waals surface area contributed by atoms with E-state index in [4.69, 9.17) is 9.47 Å². The van der Waals surface area contributed by atoms with Crippen LogP contribution in [0, 0.1) is 17.3 Å². The van der Waals surface area contributed by atoms with E-state index in [1.54, 1.807) is 0 Å². The molecule has 7 heteroatoms. The Hall–Kier alpha value is -0.570. The number of rotatable bonds is 2. The van der Waals surface area contributed by atoms with Crippen LogP contribution >= 0.6 is 24.0 Å². The third-order valence-corrected chi connectivity index (χ3v) is 5.93. The predicted octanol–water partition coefficient (Wildman–Crippen LogP) is 1.88. The van der Waals surface area contributed by atoms with Crippen LogP contribution in [0.5, 0.6) is 0 Å². The van der Waals surface area contributed by atoms with Gasteiger partial charge in [0.2, 0.25) is 0 Å². The molecule has 24 heavy (non-hydrogen) atoms. The predicted molar refractivity (Wildman–Crippen MR) is 104 cm³/mol. The van der Waals surface area contributed by atoms with Gasteiger partial charge in [-0.15, -0.1) is 24.0 Å². The second-order valence-corrected chi connectivity index (χ2v) is 7.52. The summed E-state index contributed by atoms with van der Waals surface area (Å²) in [7, 11) is 3.30. The molecule has 0 radical (unpaired) electrons. The molecule has 6 nitrogen and oxygen atoms in total. The summed E-state index contributed by atoms with van der Waals surface area (Å²) in [6, 6.07) is 0.409. The summed E-state index contributed by atoms with van der Waals surface area (Å²) in [4.78, 5) is 18.4. The van der Waals surface area contributed by atoms with Crippen LogP contribution in [0.25, 0.3) is 0 Å². The zero-order valence-electron chi connectivity index (χ0n) is 15.1. The van der Waals surface area contributed by atoms with Crippen LogP contribution in [0.4, 0.5) is 0 Å². The van der Waals surface area contributed by atoms with Crippen LogP contribution in [0.2, 0.25) is 0 Å². The molecule has 1 N–H and O–H groups in total. The van der Waals surface area contributed by atoms with Crippen molar-refractivity contribution in [3.8, 4) is 0 Å². The van der Waals surface area contributed by atoms with Gasteiger partial charge in [-0.1, -0.05) is 13.8 Å². The Kier molecular flexibility index (Phi) is 6.39. The highest BCUT2D eigenvalue weighted by molar-refractivity contribution is 14.0. The molecule has 3 aliphatic rings. The first-order valence-electron chi connectivity index (χ1n) is 8.66. The Morgan fingerprint density at radius 3 is 2.54 bits per heavy atom. The Morgan fingerprint density at radius 2 is 1.96 bits per heavy atom. The number of likely N-dealkylation sites (tertiary alicyclic amines) is 1. The summed E-state index contributed by atoms with van der Waals surface area (Å²) < 4.78 is 10.7. The summed E-state index contributed by atoms with van der Waals surface area (Å²) in [6.45, 7) is 7.11. The molecule has 3 unspecified atom stereocenters. The average molecular weight is 451 g/mol. The summed E-state index contributed by atoms with van der Waals surface area (Å²) >= 11 is 0. The SMILES string of the molecule is CN=C(NC1C2CCOC2C1(C)C)N1CCC(C(=O)OC)CC1.I. The molecule has 3 atom stereocenters. The Balaban J connectivity index is 0.00000208. The maximum absolute atomic E-state index is 11.7. The minimum atomic E-state index is -0.0846. The molecule has 0 aromatic rings. The topological polar surface area (TPSA) is 63.2 Å². The number of ether oxygens (including phenoxy) is 2. The molecule has 2 saturated heterocycles. The van der Waals surface area contributed by atoms with Crippen LogP contribution in [-0.4, -0.2) is 62.8 Å². The lowest BCUT2D eigenvalue weighted by molar-refractivity contribution is -0.146.